The Labute approximate surface area is 200 Å². The standard InChI is InChI=1S/C25H24ClF2NO5/c1-13-16(11-14-5-7-15(8-6-14)22(32)25(2,3)4)23(34-24(27)28)29-21-17(26)9-10-18(20(13)21)33-12-19(30)31/h5-10,24H,11-12H2,1-4H3,(H,30,31). The summed E-state index contributed by atoms with van der Waals surface area (Å²) in [6.45, 7) is 3.46. The van der Waals surface area contributed by atoms with Gasteiger partial charge in [0.05, 0.1) is 10.5 Å². The topological polar surface area (TPSA) is 85.7 Å². The van der Waals surface area contributed by atoms with E-state index < -0.39 is 24.6 Å². The van der Waals surface area contributed by atoms with Crippen molar-refractivity contribution in [3.63, 3.8) is 0 Å². The number of hydrogen-bond acceptors (Lipinski definition) is 5. The third-order valence-electron chi connectivity index (χ3n) is 5.22. The van der Waals surface area contributed by atoms with Crippen LogP contribution in [0.4, 0.5) is 8.78 Å². The molecule has 0 atom stereocenters. The lowest BCUT2D eigenvalue weighted by atomic mass is 9.86. The van der Waals surface area contributed by atoms with E-state index in [-0.39, 0.29) is 34.4 Å². The van der Waals surface area contributed by atoms with Crippen molar-refractivity contribution in [3.8, 4) is 11.6 Å². The Bertz CT molecular complexity index is 1240. The maximum atomic E-state index is 13.2. The van der Waals surface area contributed by atoms with E-state index in [1.807, 2.05) is 20.8 Å². The summed E-state index contributed by atoms with van der Waals surface area (Å²) in [7, 11) is 0. The summed E-state index contributed by atoms with van der Waals surface area (Å²) in [4.78, 5) is 27.7. The Morgan fingerprint density at radius 2 is 1.76 bits per heavy atom. The lowest BCUT2D eigenvalue weighted by Crippen LogP contribution is -2.20. The van der Waals surface area contributed by atoms with Gasteiger partial charge in [0.15, 0.2) is 12.4 Å². The number of nitrogens with zero attached hydrogens (tertiary/aromatic N) is 1. The number of hydrogen-bond donors (Lipinski definition) is 1. The van der Waals surface area contributed by atoms with Crippen LogP contribution in [0.5, 0.6) is 11.6 Å². The summed E-state index contributed by atoms with van der Waals surface area (Å²) in [5.74, 6) is -1.26. The third-order valence-corrected chi connectivity index (χ3v) is 5.52. The minimum atomic E-state index is -3.11. The number of pyridine rings is 1. The van der Waals surface area contributed by atoms with Gasteiger partial charge in [-0.05, 0) is 30.2 Å². The van der Waals surface area contributed by atoms with Crippen LogP contribution in [0, 0.1) is 12.3 Å². The number of carboxylic acids is 1. The van der Waals surface area contributed by atoms with Gasteiger partial charge in [0.1, 0.15) is 5.75 Å². The Balaban J connectivity index is 2.11. The fourth-order valence-corrected chi connectivity index (χ4v) is 3.76. The number of ether oxygens (including phenoxy) is 2. The van der Waals surface area contributed by atoms with E-state index in [0.717, 1.165) is 5.56 Å². The Hall–Kier alpha value is -3.26. The van der Waals surface area contributed by atoms with Gasteiger partial charge in [-0.2, -0.15) is 8.78 Å². The molecule has 1 N–H and O–H groups in total. The van der Waals surface area contributed by atoms with E-state index in [1.165, 1.54) is 12.1 Å². The molecular formula is C25H24ClF2NO5. The average Bonchev–Trinajstić information content (AvgIpc) is 2.75. The molecule has 0 amide bonds. The molecule has 0 unspecified atom stereocenters. The monoisotopic (exact) mass is 491 g/mol. The van der Waals surface area contributed by atoms with Gasteiger partial charge in [-0.15, -0.1) is 0 Å². The molecule has 180 valence electrons. The van der Waals surface area contributed by atoms with Crippen LogP contribution >= 0.6 is 11.6 Å². The summed E-state index contributed by atoms with van der Waals surface area (Å²) < 4.78 is 36.5. The molecule has 1 aromatic heterocycles. The average molecular weight is 492 g/mol. The molecule has 34 heavy (non-hydrogen) atoms. The highest BCUT2D eigenvalue weighted by atomic mass is 35.5. The normalized spacial score (nSPS) is 11.6. The highest BCUT2D eigenvalue weighted by Gasteiger charge is 2.24. The van der Waals surface area contributed by atoms with Crippen LogP contribution in [-0.4, -0.2) is 35.1 Å². The highest BCUT2D eigenvalue weighted by Crippen LogP contribution is 2.38. The van der Waals surface area contributed by atoms with Crippen molar-refractivity contribution in [2.75, 3.05) is 6.61 Å². The van der Waals surface area contributed by atoms with Crippen molar-refractivity contribution in [1.82, 2.24) is 4.98 Å². The smallest absolute Gasteiger partial charge is 0.388 e. The van der Waals surface area contributed by atoms with Crippen molar-refractivity contribution in [1.29, 1.82) is 0 Å². The number of fused-ring (bicyclic) bond motifs is 1. The molecular weight excluding hydrogens is 468 g/mol. The number of aryl methyl sites for hydroxylation is 1. The van der Waals surface area contributed by atoms with Crippen molar-refractivity contribution < 1.29 is 33.0 Å². The fraction of sp³-hybridized carbons (Fsp3) is 0.320. The van der Waals surface area contributed by atoms with Gasteiger partial charge in [-0.25, -0.2) is 9.78 Å². The maximum Gasteiger partial charge on any atom is 0.388 e. The van der Waals surface area contributed by atoms with Crippen LogP contribution in [0.3, 0.4) is 0 Å². The van der Waals surface area contributed by atoms with Crippen molar-refractivity contribution in [3.05, 3.63) is 63.7 Å². The maximum absolute atomic E-state index is 13.2. The molecule has 2 aromatic carbocycles. The van der Waals surface area contributed by atoms with E-state index in [4.69, 9.17) is 26.2 Å². The largest absolute Gasteiger partial charge is 0.481 e. The summed E-state index contributed by atoms with van der Waals surface area (Å²) in [5.41, 5.74) is 1.79. The lowest BCUT2D eigenvalue weighted by molar-refractivity contribution is -0.139. The number of aromatic nitrogens is 1. The molecule has 0 saturated heterocycles. The van der Waals surface area contributed by atoms with E-state index in [1.54, 1.807) is 31.2 Å². The number of aliphatic carboxylic acids is 1. The van der Waals surface area contributed by atoms with Crippen molar-refractivity contribution in [2.24, 2.45) is 5.41 Å². The van der Waals surface area contributed by atoms with E-state index >= 15 is 0 Å². The number of carbonyl (C=O) groups excluding carboxylic acids is 1. The molecule has 6 nitrogen and oxygen atoms in total. The minimum Gasteiger partial charge on any atom is -0.481 e. The molecule has 0 aliphatic rings. The first-order valence-electron chi connectivity index (χ1n) is 10.4. The molecule has 0 aliphatic heterocycles. The van der Waals surface area contributed by atoms with E-state index in [2.05, 4.69) is 4.98 Å². The molecule has 1 heterocycles. The lowest BCUT2D eigenvalue weighted by Gasteiger charge is -2.18. The van der Waals surface area contributed by atoms with Gasteiger partial charge in [0.25, 0.3) is 0 Å². The van der Waals surface area contributed by atoms with Crippen LogP contribution in [-0.2, 0) is 11.2 Å². The zero-order chi connectivity index (χ0) is 25.2. The van der Waals surface area contributed by atoms with Crippen LogP contribution in [0.25, 0.3) is 10.9 Å². The summed E-state index contributed by atoms with van der Waals surface area (Å²) in [5, 5.41) is 9.57. The predicted molar refractivity (Wildman–Crippen MR) is 124 cm³/mol. The summed E-state index contributed by atoms with van der Waals surface area (Å²) >= 11 is 6.26. The molecule has 0 spiro atoms. The number of ketones is 1. The van der Waals surface area contributed by atoms with Gasteiger partial charge in [-0.1, -0.05) is 56.6 Å². The van der Waals surface area contributed by atoms with Gasteiger partial charge in [-0.3, -0.25) is 4.79 Å². The van der Waals surface area contributed by atoms with Crippen LogP contribution in [0.15, 0.2) is 36.4 Å². The first kappa shape index (κ1) is 25.4. The number of rotatable bonds is 8. The number of carbonyl (C=O) groups is 2. The van der Waals surface area contributed by atoms with Gasteiger partial charge in [0, 0.05) is 28.3 Å². The SMILES string of the molecule is Cc1c(Cc2ccc(C(=O)C(C)(C)C)cc2)c(OC(F)F)nc2c(Cl)ccc(OCC(=O)O)c12. The summed E-state index contributed by atoms with van der Waals surface area (Å²) in [6.07, 6.45) is 0.172. The number of halogens is 3. The molecule has 0 aliphatic carbocycles. The zero-order valence-electron chi connectivity index (χ0n) is 19.1. The Morgan fingerprint density at radius 3 is 2.32 bits per heavy atom. The molecule has 3 rings (SSSR count). The third kappa shape index (κ3) is 5.62. The zero-order valence-corrected chi connectivity index (χ0v) is 19.9. The second kappa shape index (κ2) is 9.93. The molecule has 0 saturated carbocycles. The molecule has 9 heteroatoms. The molecule has 3 aromatic rings. The second-order valence-corrected chi connectivity index (χ2v) is 9.21. The van der Waals surface area contributed by atoms with Crippen LogP contribution in [0.2, 0.25) is 5.02 Å². The highest BCUT2D eigenvalue weighted by molar-refractivity contribution is 6.35. The first-order valence-corrected chi connectivity index (χ1v) is 10.8. The molecule has 0 fully saturated rings. The van der Waals surface area contributed by atoms with Gasteiger partial charge in [0.2, 0.25) is 5.88 Å². The Morgan fingerprint density at radius 1 is 1.12 bits per heavy atom. The van der Waals surface area contributed by atoms with Gasteiger partial charge >= 0.3 is 12.6 Å². The van der Waals surface area contributed by atoms with Crippen LogP contribution < -0.4 is 9.47 Å². The second-order valence-electron chi connectivity index (χ2n) is 8.80. The van der Waals surface area contributed by atoms with E-state index in [0.29, 0.717) is 22.1 Å². The Kier molecular flexibility index (Phi) is 7.41. The number of Topliss-reactive ketones (excluding diaryl/α,β-unsaturated/α-hetero) is 1. The number of benzene rings is 2. The predicted octanol–water partition coefficient (Wildman–Crippen LogP) is 6.08. The van der Waals surface area contributed by atoms with Crippen molar-refractivity contribution in [2.45, 2.75) is 40.7 Å². The molecule has 0 radical (unpaired) electrons. The first-order chi connectivity index (χ1) is 15.9. The minimum absolute atomic E-state index is 0.0146. The van der Waals surface area contributed by atoms with Crippen molar-refractivity contribution >= 4 is 34.3 Å². The fourth-order valence-electron chi connectivity index (χ4n) is 3.56. The number of carboxylic acid groups (broad SMARTS) is 1. The van der Waals surface area contributed by atoms with Gasteiger partial charge < -0.3 is 14.6 Å². The van der Waals surface area contributed by atoms with Crippen LogP contribution in [0.1, 0.15) is 47.8 Å². The van der Waals surface area contributed by atoms with E-state index in [9.17, 15) is 18.4 Å². The number of alkyl halides is 2. The molecule has 0 bridgehead atoms. The quantitative estimate of drug-likeness (QED) is 0.384. The summed E-state index contributed by atoms with van der Waals surface area (Å²) in [6, 6.07) is 9.83.